The molecule has 122 valence electrons. The van der Waals surface area contributed by atoms with Crippen molar-refractivity contribution in [2.24, 2.45) is 5.92 Å². The standard InChI is InChI=1S/C17H26N2O3/c1-19(15-7-3-14(12-20)4-8-15)17(21)18-11-13-5-9-16(22-2)10-6-13/h5-6,9-10,14-15,20H,3-4,7-8,11-12H2,1-2H3,(H,18,21). The van der Waals surface area contributed by atoms with Gasteiger partial charge in [-0.3, -0.25) is 0 Å². The van der Waals surface area contributed by atoms with E-state index in [-0.39, 0.29) is 18.7 Å². The third-order valence-electron chi connectivity index (χ3n) is 4.55. The van der Waals surface area contributed by atoms with Gasteiger partial charge in [0.2, 0.25) is 0 Å². The van der Waals surface area contributed by atoms with Crippen molar-refractivity contribution in [1.29, 1.82) is 0 Å². The van der Waals surface area contributed by atoms with Gasteiger partial charge < -0.3 is 20.1 Å². The fourth-order valence-corrected chi connectivity index (χ4v) is 2.93. The van der Waals surface area contributed by atoms with Crippen LogP contribution in [0.3, 0.4) is 0 Å². The van der Waals surface area contributed by atoms with Crippen LogP contribution in [0, 0.1) is 5.92 Å². The highest BCUT2D eigenvalue weighted by molar-refractivity contribution is 5.74. The normalized spacial score (nSPS) is 21.2. The van der Waals surface area contributed by atoms with Crippen LogP contribution in [0.1, 0.15) is 31.2 Å². The van der Waals surface area contributed by atoms with Crippen LogP contribution in [0.25, 0.3) is 0 Å². The Labute approximate surface area is 132 Å². The Morgan fingerprint density at radius 2 is 1.91 bits per heavy atom. The lowest BCUT2D eigenvalue weighted by Crippen LogP contribution is -2.45. The molecule has 0 aromatic heterocycles. The number of ether oxygens (including phenoxy) is 1. The molecule has 5 heteroatoms. The van der Waals surface area contributed by atoms with Crippen molar-refractivity contribution in [2.45, 2.75) is 38.3 Å². The lowest BCUT2D eigenvalue weighted by molar-refractivity contribution is 0.134. The van der Waals surface area contributed by atoms with Crippen molar-refractivity contribution in [3.05, 3.63) is 29.8 Å². The lowest BCUT2D eigenvalue weighted by atomic mass is 9.86. The summed E-state index contributed by atoms with van der Waals surface area (Å²) in [5.74, 6) is 1.22. The molecule has 1 aromatic rings. The molecule has 2 N–H and O–H groups in total. The number of carbonyl (C=O) groups excluding carboxylic acids is 1. The van der Waals surface area contributed by atoms with Gasteiger partial charge >= 0.3 is 6.03 Å². The highest BCUT2D eigenvalue weighted by Crippen LogP contribution is 2.26. The minimum absolute atomic E-state index is 0.0386. The van der Waals surface area contributed by atoms with E-state index in [0.29, 0.717) is 12.5 Å². The van der Waals surface area contributed by atoms with Gasteiger partial charge in [0.25, 0.3) is 0 Å². The lowest BCUT2D eigenvalue weighted by Gasteiger charge is -2.34. The molecule has 0 aliphatic heterocycles. The number of carbonyl (C=O) groups is 1. The molecule has 0 unspecified atom stereocenters. The van der Waals surface area contributed by atoms with Gasteiger partial charge in [0.1, 0.15) is 5.75 Å². The molecule has 1 saturated carbocycles. The van der Waals surface area contributed by atoms with Crippen LogP contribution in [0.5, 0.6) is 5.75 Å². The Morgan fingerprint density at radius 1 is 1.27 bits per heavy atom. The van der Waals surface area contributed by atoms with E-state index >= 15 is 0 Å². The van der Waals surface area contributed by atoms with Crippen LogP contribution < -0.4 is 10.1 Å². The summed E-state index contributed by atoms with van der Waals surface area (Å²) in [6.07, 6.45) is 3.93. The summed E-state index contributed by atoms with van der Waals surface area (Å²) in [5, 5.41) is 12.1. The zero-order valence-corrected chi connectivity index (χ0v) is 13.4. The summed E-state index contributed by atoms with van der Waals surface area (Å²) in [6.45, 7) is 0.777. The number of rotatable bonds is 5. The molecule has 1 aliphatic rings. The number of aliphatic hydroxyl groups is 1. The first kappa shape index (κ1) is 16.6. The van der Waals surface area contributed by atoms with Crippen molar-refractivity contribution in [1.82, 2.24) is 10.2 Å². The van der Waals surface area contributed by atoms with E-state index in [0.717, 1.165) is 37.0 Å². The number of urea groups is 1. The summed E-state index contributed by atoms with van der Waals surface area (Å²) >= 11 is 0. The molecular formula is C17H26N2O3. The monoisotopic (exact) mass is 306 g/mol. The average Bonchev–Trinajstić information content (AvgIpc) is 2.59. The van der Waals surface area contributed by atoms with Crippen molar-refractivity contribution in [3.8, 4) is 5.75 Å². The second-order valence-electron chi connectivity index (χ2n) is 5.97. The minimum Gasteiger partial charge on any atom is -0.497 e. The van der Waals surface area contributed by atoms with Crippen molar-refractivity contribution in [3.63, 3.8) is 0 Å². The van der Waals surface area contributed by atoms with Crippen LogP contribution in [0.15, 0.2) is 24.3 Å². The van der Waals surface area contributed by atoms with Crippen molar-refractivity contribution >= 4 is 6.03 Å². The Bertz CT molecular complexity index is 467. The topological polar surface area (TPSA) is 61.8 Å². The van der Waals surface area contributed by atoms with Gasteiger partial charge in [-0.25, -0.2) is 4.79 Å². The van der Waals surface area contributed by atoms with E-state index in [2.05, 4.69) is 5.32 Å². The van der Waals surface area contributed by atoms with E-state index in [4.69, 9.17) is 4.74 Å². The third kappa shape index (κ3) is 4.37. The first-order valence-electron chi connectivity index (χ1n) is 7.88. The molecule has 2 rings (SSSR count). The molecule has 0 radical (unpaired) electrons. The molecule has 0 heterocycles. The molecule has 22 heavy (non-hydrogen) atoms. The second-order valence-corrected chi connectivity index (χ2v) is 5.97. The summed E-state index contributed by atoms with van der Waals surface area (Å²) in [5.41, 5.74) is 1.05. The molecule has 1 aliphatic carbocycles. The molecule has 0 saturated heterocycles. The number of nitrogens with one attached hydrogen (secondary N) is 1. The minimum atomic E-state index is -0.0386. The smallest absolute Gasteiger partial charge is 0.317 e. The third-order valence-corrected chi connectivity index (χ3v) is 4.55. The Kier molecular flexibility index (Phi) is 6.07. The van der Waals surface area contributed by atoms with E-state index in [9.17, 15) is 9.90 Å². The fourth-order valence-electron chi connectivity index (χ4n) is 2.93. The van der Waals surface area contributed by atoms with Crippen LogP contribution in [0.4, 0.5) is 4.79 Å². The number of hydrogen-bond donors (Lipinski definition) is 2. The van der Waals surface area contributed by atoms with Gasteiger partial charge in [-0.2, -0.15) is 0 Å². The van der Waals surface area contributed by atoms with E-state index < -0.39 is 0 Å². The largest absolute Gasteiger partial charge is 0.497 e. The van der Waals surface area contributed by atoms with Gasteiger partial charge in [-0.05, 0) is 49.3 Å². The first-order chi connectivity index (χ1) is 10.6. The Balaban J connectivity index is 1.78. The molecule has 0 atom stereocenters. The second kappa shape index (κ2) is 8.03. The van der Waals surface area contributed by atoms with Crippen LogP contribution in [-0.4, -0.2) is 42.8 Å². The van der Waals surface area contributed by atoms with Gasteiger partial charge in [0.15, 0.2) is 0 Å². The van der Waals surface area contributed by atoms with Crippen molar-refractivity contribution < 1.29 is 14.6 Å². The maximum Gasteiger partial charge on any atom is 0.317 e. The molecule has 1 fully saturated rings. The maximum atomic E-state index is 12.2. The van der Waals surface area contributed by atoms with Crippen LogP contribution in [0.2, 0.25) is 0 Å². The van der Waals surface area contributed by atoms with E-state index in [1.165, 1.54) is 0 Å². The molecule has 2 amide bonds. The first-order valence-corrected chi connectivity index (χ1v) is 7.88. The van der Waals surface area contributed by atoms with Crippen molar-refractivity contribution in [2.75, 3.05) is 20.8 Å². The number of methoxy groups -OCH3 is 1. The molecular weight excluding hydrogens is 280 g/mol. The fraction of sp³-hybridized carbons (Fsp3) is 0.588. The molecule has 1 aromatic carbocycles. The molecule has 5 nitrogen and oxygen atoms in total. The van der Waals surface area contributed by atoms with Gasteiger partial charge in [0, 0.05) is 26.2 Å². The Morgan fingerprint density at radius 3 is 2.45 bits per heavy atom. The highest BCUT2D eigenvalue weighted by Gasteiger charge is 2.25. The number of aliphatic hydroxyl groups excluding tert-OH is 1. The molecule has 0 spiro atoms. The zero-order chi connectivity index (χ0) is 15.9. The number of hydrogen-bond acceptors (Lipinski definition) is 3. The summed E-state index contributed by atoms with van der Waals surface area (Å²) in [6, 6.07) is 7.92. The average molecular weight is 306 g/mol. The van der Waals surface area contributed by atoms with Gasteiger partial charge in [-0.1, -0.05) is 12.1 Å². The van der Waals surface area contributed by atoms with Crippen LogP contribution in [-0.2, 0) is 6.54 Å². The zero-order valence-electron chi connectivity index (χ0n) is 13.4. The quantitative estimate of drug-likeness (QED) is 0.878. The van der Waals surface area contributed by atoms with Gasteiger partial charge in [0.05, 0.1) is 7.11 Å². The Hall–Kier alpha value is -1.75. The van der Waals surface area contributed by atoms with E-state index in [1.807, 2.05) is 31.3 Å². The number of benzene rings is 1. The predicted molar refractivity (Wildman–Crippen MR) is 85.8 cm³/mol. The summed E-state index contributed by atoms with van der Waals surface area (Å²) in [4.78, 5) is 14.0. The highest BCUT2D eigenvalue weighted by atomic mass is 16.5. The predicted octanol–water partition coefficient (Wildman–Crippen LogP) is 2.39. The maximum absolute atomic E-state index is 12.2. The number of amides is 2. The van der Waals surface area contributed by atoms with E-state index in [1.54, 1.807) is 12.0 Å². The SMILES string of the molecule is COc1ccc(CNC(=O)N(C)C2CCC(CO)CC2)cc1. The number of nitrogens with zero attached hydrogens (tertiary/aromatic N) is 1. The summed E-state index contributed by atoms with van der Waals surface area (Å²) < 4.78 is 5.12. The van der Waals surface area contributed by atoms with Crippen LogP contribution >= 0.6 is 0 Å². The summed E-state index contributed by atoms with van der Waals surface area (Å²) in [7, 11) is 3.49. The van der Waals surface area contributed by atoms with Gasteiger partial charge in [-0.15, -0.1) is 0 Å². The molecule has 0 bridgehead atoms.